The summed E-state index contributed by atoms with van der Waals surface area (Å²) >= 11 is 0. The Labute approximate surface area is 76.1 Å². The highest BCUT2D eigenvalue weighted by Crippen LogP contribution is 2.10. The monoisotopic (exact) mass is 173 g/mol. The molecule has 0 saturated carbocycles. The van der Waals surface area contributed by atoms with Crippen LogP contribution < -0.4 is 4.74 Å². The van der Waals surface area contributed by atoms with Crippen molar-refractivity contribution in [3.63, 3.8) is 0 Å². The average molecular weight is 173 g/mol. The molecule has 0 aliphatic rings. The largest absolute Gasteiger partial charge is 0.497 e. The molecular formula is C10H7NO2. The summed E-state index contributed by atoms with van der Waals surface area (Å²) in [6.07, 6.45) is 1.34. The first-order chi connectivity index (χ1) is 6.36. The second-order valence-electron chi connectivity index (χ2n) is 2.17. The predicted molar refractivity (Wildman–Crippen MR) is 48.0 cm³/mol. The first-order valence-corrected chi connectivity index (χ1v) is 3.59. The molecule has 0 fully saturated rings. The first kappa shape index (κ1) is 9.05. The van der Waals surface area contributed by atoms with Crippen molar-refractivity contribution in [3.05, 3.63) is 29.8 Å². The fourth-order valence-corrected chi connectivity index (χ4v) is 0.816. The molecule has 3 heteroatoms. The van der Waals surface area contributed by atoms with E-state index < -0.39 is 0 Å². The molecule has 1 rings (SSSR count). The molecular weight excluding hydrogens is 166 g/mol. The molecule has 64 valence electrons. The second-order valence-corrected chi connectivity index (χ2v) is 2.17. The highest BCUT2D eigenvalue weighted by atomic mass is 16.5. The van der Waals surface area contributed by atoms with Crippen LogP contribution in [0.4, 0.5) is 0 Å². The Hall–Kier alpha value is -2.04. The summed E-state index contributed by atoms with van der Waals surface area (Å²) in [6, 6.07) is 9.48. The van der Waals surface area contributed by atoms with Crippen molar-refractivity contribution in [2.45, 2.75) is 0 Å². The Balaban J connectivity index is 2.91. The van der Waals surface area contributed by atoms with E-state index in [-0.39, 0.29) is 0 Å². The van der Waals surface area contributed by atoms with Crippen LogP contribution in [0.5, 0.6) is 5.75 Å². The molecule has 0 aliphatic carbocycles. The summed E-state index contributed by atoms with van der Waals surface area (Å²) in [5, 5.41) is 0. The van der Waals surface area contributed by atoms with E-state index in [1.807, 2.05) is 12.1 Å². The Bertz CT molecular complexity index is 395. The van der Waals surface area contributed by atoms with Gasteiger partial charge in [-0.2, -0.15) is 0 Å². The Morgan fingerprint density at radius 2 is 2.31 bits per heavy atom. The molecule has 1 aromatic carbocycles. The van der Waals surface area contributed by atoms with E-state index in [9.17, 15) is 4.79 Å². The SMILES string of the molecule is COc1cccc(C#CN=C=O)c1. The van der Waals surface area contributed by atoms with Crippen molar-refractivity contribution in [2.75, 3.05) is 7.11 Å². The van der Waals surface area contributed by atoms with Crippen molar-refractivity contribution in [1.29, 1.82) is 0 Å². The summed E-state index contributed by atoms with van der Waals surface area (Å²) in [7, 11) is 1.58. The Morgan fingerprint density at radius 1 is 1.46 bits per heavy atom. The number of rotatable bonds is 1. The van der Waals surface area contributed by atoms with Gasteiger partial charge in [0.1, 0.15) is 5.75 Å². The Morgan fingerprint density at radius 3 is 3.00 bits per heavy atom. The van der Waals surface area contributed by atoms with Crippen LogP contribution in [-0.2, 0) is 4.79 Å². The number of hydrogen-bond acceptors (Lipinski definition) is 3. The van der Waals surface area contributed by atoms with E-state index in [0.29, 0.717) is 0 Å². The van der Waals surface area contributed by atoms with Gasteiger partial charge in [-0.15, -0.1) is 4.99 Å². The molecule has 0 aliphatic heterocycles. The molecule has 1 aromatic rings. The van der Waals surface area contributed by atoms with Crippen molar-refractivity contribution in [2.24, 2.45) is 4.99 Å². The lowest BCUT2D eigenvalue weighted by Gasteiger charge is -1.97. The third kappa shape index (κ3) is 2.82. The van der Waals surface area contributed by atoms with Crippen LogP contribution in [0.1, 0.15) is 5.56 Å². The number of ether oxygens (including phenoxy) is 1. The van der Waals surface area contributed by atoms with E-state index in [4.69, 9.17) is 4.74 Å². The van der Waals surface area contributed by atoms with Gasteiger partial charge in [0, 0.05) is 5.56 Å². The van der Waals surface area contributed by atoms with E-state index in [1.54, 1.807) is 19.2 Å². The van der Waals surface area contributed by atoms with E-state index in [2.05, 4.69) is 17.0 Å². The van der Waals surface area contributed by atoms with Gasteiger partial charge in [0.25, 0.3) is 0 Å². The molecule has 0 radical (unpaired) electrons. The van der Waals surface area contributed by atoms with Crippen LogP contribution in [0.15, 0.2) is 29.3 Å². The number of benzene rings is 1. The summed E-state index contributed by atoms with van der Waals surface area (Å²) in [6.45, 7) is 0. The van der Waals surface area contributed by atoms with Gasteiger partial charge in [0.15, 0.2) is 0 Å². The summed E-state index contributed by atoms with van der Waals surface area (Å²) in [4.78, 5) is 12.8. The van der Waals surface area contributed by atoms with Crippen molar-refractivity contribution < 1.29 is 9.53 Å². The zero-order valence-electron chi connectivity index (χ0n) is 7.07. The third-order valence-corrected chi connectivity index (χ3v) is 1.37. The van der Waals surface area contributed by atoms with Crippen LogP contribution >= 0.6 is 0 Å². The van der Waals surface area contributed by atoms with Crippen molar-refractivity contribution in [3.8, 4) is 17.7 Å². The molecule has 3 nitrogen and oxygen atoms in total. The molecule has 0 saturated heterocycles. The number of nitrogens with zero attached hydrogens (tertiary/aromatic N) is 1. The normalized spacial score (nSPS) is 7.77. The zero-order valence-corrected chi connectivity index (χ0v) is 7.07. The zero-order chi connectivity index (χ0) is 9.52. The van der Waals surface area contributed by atoms with Crippen LogP contribution in [0, 0.1) is 12.0 Å². The highest BCUT2D eigenvalue weighted by Gasteiger charge is 1.90. The molecule has 0 heterocycles. The van der Waals surface area contributed by atoms with Crippen molar-refractivity contribution in [1.82, 2.24) is 0 Å². The highest BCUT2D eigenvalue weighted by molar-refractivity contribution is 5.42. The maximum atomic E-state index is 9.70. The van der Waals surface area contributed by atoms with Gasteiger partial charge in [-0.3, -0.25) is 0 Å². The molecule has 13 heavy (non-hydrogen) atoms. The van der Waals surface area contributed by atoms with E-state index in [1.165, 1.54) is 6.08 Å². The average Bonchev–Trinajstić information content (AvgIpc) is 2.19. The summed E-state index contributed by atoms with van der Waals surface area (Å²) in [5.74, 6) is 3.39. The maximum Gasteiger partial charge on any atom is 0.249 e. The topological polar surface area (TPSA) is 38.7 Å². The smallest absolute Gasteiger partial charge is 0.249 e. The molecule has 0 atom stereocenters. The van der Waals surface area contributed by atoms with Gasteiger partial charge >= 0.3 is 0 Å². The molecule has 0 unspecified atom stereocenters. The molecule has 0 amide bonds. The number of carbonyl (C=O) groups excluding carboxylic acids is 1. The fraction of sp³-hybridized carbons (Fsp3) is 0.100. The lowest BCUT2D eigenvalue weighted by atomic mass is 10.2. The molecule has 0 aromatic heterocycles. The minimum Gasteiger partial charge on any atom is -0.497 e. The number of hydrogen-bond donors (Lipinski definition) is 0. The van der Waals surface area contributed by atoms with Crippen LogP contribution in [0.2, 0.25) is 0 Å². The summed E-state index contributed by atoms with van der Waals surface area (Å²) in [5.41, 5.74) is 0.748. The lowest BCUT2D eigenvalue weighted by molar-refractivity contribution is 0.414. The van der Waals surface area contributed by atoms with Crippen molar-refractivity contribution >= 4 is 6.08 Å². The number of isocyanates is 1. The van der Waals surface area contributed by atoms with Crippen LogP contribution in [0.3, 0.4) is 0 Å². The lowest BCUT2D eigenvalue weighted by Crippen LogP contribution is -1.82. The van der Waals surface area contributed by atoms with Crippen LogP contribution in [-0.4, -0.2) is 13.2 Å². The van der Waals surface area contributed by atoms with Gasteiger partial charge in [-0.05, 0) is 24.1 Å². The van der Waals surface area contributed by atoms with E-state index >= 15 is 0 Å². The Kier molecular flexibility index (Phi) is 3.31. The molecule has 0 spiro atoms. The van der Waals surface area contributed by atoms with Crippen LogP contribution in [0.25, 0.3) is 0 Å². The maximum absolute atomic E-state index is 9.70. The van der Waals surface area contributed by atoms with Gasteiger partial charge in [-0.1, -0.05) is 6.07 Å². The first-order valence-electron chi connectivity index (χ1n) is 3.59. The minimum absolute atomic E-state index is 0.724. The van der Waals surface area contributed by atoms with E-state index in [0.717, 1.165) is 11.3 Å². The second kappa shape index (κ2) is 4.76. The minimum atomic E-state index is 0.724. The van der Waals surface area contributed by atoms with Gasteiger partial charge in [-0.25, -0.2) is 4.79 Å². The molecule has 0 bridgehead atoms. The van der Waals surface area contributed by atoms with Gasteiger partial charge in [0.2, 0.25) is 6.08 Å². The molecule has 0 N–H and O–H groups in total. The third-order valence-electron chi connectivity index (χ3n) is 1.37. The van der Waals surface area contributed by atoms with Gasteiger partial charge in [0.05, 0.1) is 13.2 Å². The number of methoxy groups -OCH3 is 1. The predicted octanol–water partition coefficient (Wildman–Crippen LogP) is 1.34. The standard InChI is InChI=1S/C10H7NO2/c1-13-10-4-2-3-9(7-10)5-6-11-8-12/h2-4,7H,1H3. The quantitative estimate of drug-likeness (QED) is 0.365. The number of aliphatic imine (C=N–C) groups is 1. The summed E-state index contributed by atoms with van der Waals surface area (Å²) < 4.78 is 4.99. The fourth-order valence-electron chi connectivity index (χ4n) is 0.816. The van der Waals surface area contributed by atoms with Gasteiger partial charge < -0.3 is 4.74 Å².